The second kappa shape index (κ2) is 6.92. The number of amides is 1. The number of furan rings is 1. The summed E-state index contributed by atoms with van der Waals surface area (Å²) in [6.07, 6.45) is 4.23. The van der Waals surface area contributed by atoms with Crippen LogP contribution in [0.3, 0.4) is 0 Å². The SMILES string of the molecule is O=C1CC(c2ccco2)Cc2[nH]c(=O)c(C(=O)NCC3CCCO3)cc21. The number of H-pyrrole nitrogens is 1. The Kier molecular flexibility index (Phi) is 4.46. The van der Waals surface area contributed by atoms with Gasteiger partial charge in [0.2, 0.25) is 0 Å². The third-order valence-electron chi connectivity index (χ3n) is 5.01. The summed E-state index contributed by atoms with van der Waals surface area (Å²) in [7, 11) is 0. The van der Waals surface area contributed by atoms with Crippen molar-refractivity contribution in [2.45, 2.75) is 37.7 Å². The van der Waals surface area contributed by atoms with Crippen molar-refractivity contribution in [1.82, 2.24) is 10.3 Å². The molecule has 7 heteroatoms. The fourth-order valence-corrected chi connectivity index (χ4v) is 3.63. The normalized spacial score (nSPS) is 22.2. The predicted molar refractivity (Wildman–Crippen MR) is 92.5 cm³/mol. The van der Waals surface area contributed by atoms with E-state index in [0.717, 1.165) is 18.6 Å². The molecule has 0 spiro atoms. The number of aromatic amines is 1. The lowest BCUT2D eigenvalue weighted by Gasteiger charge is -2.22. The first-order chi connectivity index (χ1) is 12.6. The number of carbonyl (C=O) groups excluding carboxylic acids is 2. The van der Waals surface area contributed by atoms with Crippen molar-refractivity contribution in [3.05, 3.63) is 57.4 Å². The third-order valence-corrected chi connectivity index (χ3v) is 5.01. The minimum atomic E-state index is -0.485. The number of rotatable bonds is 4. The van der Waals surface area contributed by atoms with Gasteiger partial charge in [-0.25, -0.2) is 0 Å². The van der Waals surface area contributed by atoms with Crippen LogP contribution in [0.15, 0.2) is 33.7 Å². The lowest BCUT2D eigenvalue weighted by molar-refractivity contribution is 0.0856. The molecule has 3 heterocycles. The molecule has 7 nitrogen and oxygen atoms in total. The molecule has 2 aliphatic rings. The molecule has 4 rings (SSSR count). The molecule has 0 saturated carbocycles. The van der Waals surface area contributed by atoms with Crippen LogP contribution in [0.5, 0.6) is 0 Å². The Morgan fingerprint density at radius 3 is 2.92 bits per heavy atom. The topological polar surface area (TPSA) is 101 Å². The minimum Gasteiger partial charge on any atom is -0.469 e. The summed E-state index contributed by atoms with van der Waals surface area (Å²) >= 11 is 0. The standard InChI is InChI=1S/C19H20N2O5/c22-16-8-11(17-4-2-6-26-17)7-15-13(16)9-14(19(24)21-15)18(23)20-10-12-3-1-5-25-12/h2,4,6,9,11-12H,1,3,5,7-8,10H2,(H,20,23)(H,21,24). The van der Waals surface area contributed by atoms with Gasteiger partial charge in [-0.1, -0.05) is 0 Å². The van der Waals surface area contributed by atoms with Crippen molar-refractivity contribution in [2.24, 2.45) is 0 Å². The summed E-state index contributed by atoms with van der Waals surface area (Å²) in [5, 5.41) is 2.72. The highest BCUT2D eigenvalue weighted by Crippen LogP contribution is 2.31. The van der Waals surface area contributed by atoms with E-state index in [9.17, 15) is 14.4 Å². The number of hydrogen-bond acceptors (Lipinski definition) is 5. The Balaban J connectivity index is 1.54. The van der Waals surface area contributed by atoms with Gasteiger partial charge >= 0.3 is 0 Å². The van der Waals surface area contributed by atoms with Crippen LogP contribution in [0.2, 0.25) is 0 Å². The van der Waals surface area contributed by atoms with E-state index in [2.05, 4.69) is 10.3 Å². The number of nitrogens with one attached hydrogen (secondary N) is 2. The predicted octanol–water partition coefficient (Wildman–Crippen LogP) is 1.79. The highest BCUT2D eigenvalue weighted by Gasteiger charge is 2.30. The molecule has 2 unspecified atom stereocenters. The molecule has 2 aromatic heterocycles. The lowest BCUT2D eigenvalue weighted by atomic mass is 9.84. The van der Waals surface area contributed by atoms with Gasteiger partial charge in [-0.3, -0.25) is 14.4 Å². The van der Waals surface area contributed by atoms with Gasteiger partial charge < -0.3 is 19.5 Å². The largest absolute Gasteiger partial charge is 0.469 e. The van der Waals surface area contributed by atoms with Gasteiger partial charge in [-0.05, 0) is 37.5 Å². The first kappa shape index (κ1) is 16.8. The Labute approximate surface area is 149 Å². The molecule has 2 N–H and O–H groups in total. The second-order valence-corrected chi connectivity index (χ2v) is 6.79. The van der Waals surface area contributed by atoms with E-state index < -0.39 is 11.5 Å². The molecule has 1 saturated heterocycles. The number of hydrogen-bond donors (Lipinski definition) is 2. The van der Waals surface area contributed by atoms with Crippen LogP contribution in [0, 0.1) is 0 Å². The Hall–Kier alpha value is -2.67. The van der Waals surface area contributed by atoms with Crippen molar-refractivity contribution in [1.29, 1.82) is 0 Å². The van der Waals surface area contributed by atoms with Crippen molar-refractivity contribution in [3.8, 4) is 0 Å². The molecule has 0 radical (unpaired) electrons. The summed E-state index contributed by atoms with van der Waals surface area (Å²) < 4.78 is 10.8. The van der Waals surface area contributed by atoms with Crippen molar-refractivity contribution in [3.63, 3.8) is 0 Å². The Morgan fingerprint density at radius 2 is 2.19 bits per heavy atom. The van der Waals surface area contributed by atoms with E-state index in [1.54, 1.807) is 12.3 Å². The van der Waals surface area contributed by atoms with Gasteiger partial charge in [0.05, 0.1) is 12.4 Å². The maximum atomic E-state index is 12.5. The van der Waals surface area contributed by atoms with Crippen molar-refractivity contribution in [2.75, 3.05) is 13.2 Å². The van der Waals surface area contributed by atoms with E-state index >= 15 is 0 Å². The number of pyridine rings is 1. The Morgan fingerprint density at radius 1 is 1.31 bits per heavy atom. The van der Waals surface area contributed by atoms with Gasteiger partial charge in [0, 0.05) is 36.7 Å². The zero-order chi connectivity index (χ0) is 18.1. The van der Waals surface area contributed by atoms with Crippen LogP contribution < -0.4 is 10.9 Å². The van der Waals surface area contributed by atoms with Gasteiger partial charge in [0.15, 0.2) is 5.78 Å². The fraction of sp³-hybridized carbons (Fsp3) is 0.421. The van der Waals surface area contributed by atoms with Crippen LogP contribution in [0.1, 0.15) is 57.4 Å². The van der Waals surface area contributed by atoms with Crippen LogP contribution in [0.4, 0.5) is 0 Å². The van der Waals surface area contributed by atoms with Gasteiger partial charge in [0.25, 0.3) is 11.5 Å². The first-order valence-corrected chi connectivity index (χ1v) is 8.84. The molecule has 2 atom stereocenters. The number of aromatic nitrogens is 1. The van der Waals surface area contributed by atoms with Crippen LogP contribution in [0.25, 0.3) is 0 Å². The number of ether oxygens (including phenoxy) is 1. The van der Waals surface area contributed by atoms with Crippen LogP contribution in [-0.2, 0) is 11.2 Å². The van der Waals surface area contributed by atoms with Crippen LogP contribution in [-0.4, -0.2) is 35.9 Å². The van der Waals surface area contributed by atoms with Gasteiger partial charge in [-0.2, -0.15) is 0 Å². The molecule has 1 fully saturated rings. The quantitative estimate of drug-likeness (QED) is 0.870. The number of carbonyl (C=O) groups is 2. The highest BCUT2D eigenvalue weighted by atomic mass is 16.5. The minimum absolute atomic E-state index is 0.00801. The maximum Gasteiger partial charge on any atom is 0.261 e. The highest BCUT2D eigenvalue weighted by molar-refractivity contribution is 6.02. The smallest absolute Gasteiger partial charge is 0.261 e. The fourth-order valence-electron chi connectivity index (χ4n) is 3.63. The van der Waals surface area contributed by atoms with E-state index in [0.29, 0.717) is 37.3 Å². The second-order valence-electron chi connectivity index (χ2n) is 6.79. The summed E-state index contributed by atoms with van der Waals surface area (Å²) in [5.74, 6) is 0.0469. The summed E-state index contributed by atoms with van der Waals surface area (Å²) in [6, 6.07) is 5.02. The monoisotopic (exact) mass is 356 g/mol. The molecule has 2 aromatic rings. The third kappa shape index (κ3) is 3.22. The number of fused-ring (bicyclic) bond motifs is 1. The number of Topliss-reactive ketones (excluding diaryl/α,β-unsaturated/α-hetero) is 1. The maximum absolute atomic E-state index is 12.5. The first-order valence-electron chi connectivity index (χ1n) is 8.84. The molecular formula is C19H20N2O5. The molecule has 1 aliphatic carbocycles. The molecule has 1 aliphatic heterocycles. The van der Waals surface area contributed by atoms with Crippen molar-refractivity contribution < 1.29 is 18.7 Å². The average molecular weight is 356 g/mol. The summed E-state index contributed by atoms with van der Waals surface area (Å²) in [6.45, 7) is 1.06. The summed E-state index contributed by atoms with van der Waals surface area (Å²) in [4.78, 5) is 39.9. The zero-order valence-electron chi connectivity index (χ0n) is 14.2. The van der Waals surface area contributed by atoms with Gasteiger partial charge in [0.1, 0.15) is 11.3 Å². The van der Waals surface area contributed by atoms with Crippen molar-refractivity contribution >= 4 is 11.7 Å². The van der Waals surface area contributed by atoms with Gasteiger partial charge in [-0.15, -0.1) is 0 Å². The average Bonchev–Trinajstić information content (AvgIpc) is 3.32. The summed E-state index contributed by atoms with van der Waals surface area (Å²) in [5.41, 5.74) is 0.450. The number of ketones is 1. The zero-order valence-corrected chi connectivity index (χ0v) is 14.2. The molecule has 1 amide bonds. The Bertz CT molecular complexity index is 878. The van der Waals surface area contributed by atoms with E-state index in [4.69, 9.17) is 9.15 Å². The van der Waals surface area contributed by atoms with E-state index in [1.165, 1.54) is 6.07 Å². The molecule has 26 heavy (non-hydrogen) atoms. The van der Waals surface area contributed by atoms with E-state index in [-0.39, 0.29) is 23.4 Å². The molecule has 0 bridgehead atoms. The molecule has 136 valence electrons. The molecule has 0 aromatic carbocycles. The molecular weight excluding hydrogens is 336 g/mol. The van der Waals surface area contributed by atoms with Crippen LogP contribution >= 0.6 is 0 Å². The lowest BCUT2D eigenvalue weighted by Crippen LogP contribution is -2.36. The van der Waals surface area contributed by atoms with E-state index in [1.807, 2.05) is 6.07 Å².